The van der Waals surface area contributed by atoms with Gasteiger partial charge in [0.1, 0.15) is 0 Å². The van der Waals surface area contributed by atoms with Crippen LogP contribution in [0.25, 0.3) is 23.3 Å². The van der Waals surface area contributed by atoms with E-state index in [4.69, 9.17) is 0 Å². The monoisotopic (exact) mass is 474 g/mol. The highest BCUT2D eigenvalue weighted by molar-refractivity contribution is 5.86. The maximum Gasteiger partial charge on any atom is -0.0156 e. The Morgan fingerprint density at radius 2 is 0.889 bits per heavy atom. The molecule has 3 aromatic carbocycles. The molecular formula is C36H42. The first-order valence-electron chi connectivity index (χ1n) is 14.3. The Balaban J connectivity index is 1.53. The summed E-state index contributed by atoms with van der Waals surface area (Å²) in [6.45, 7) is 4.60. The molecule has 2 aliphatic rings. The molecular weight excluding hydrogens is 432 g/mol. The number of rotatable bonds is 6. The summed E-state index contributed by atoms with van der Waals surface area (Å²) in [6, 6.07) is 27.1. The normalized spacial score (nSPS) is 18.4. The third-order valence-electron chi connectivity index (χ3n) is 8.58. The molecule has 0 heteroatoms. The van der Waals surface area contributed by atoms with E-state index in [0.717, 1.165) is 0 Å². The van der Waals surface area contributed by atoms with E-state index in [1.165, 1.54) is 109 Å². The van der Waals surface area contributed by atoms with Crippen molar-refractivity contribution in [3.63, 3.8) is 0 Å². The Labute approximate surface area is 219 Å². The van der Waals surface area contributed by atoms with Crippen LogP contribution in [0.4, 0.5) is 0 Å². The van der Waals surface area contributed by atoms with E-state index in [0.29, 0.717) is 11.8 Å². The molecule has 0 N–H and O–H groups in total. The summed E-state index contributed by atoms with van der Waals surface area (Å²) < 4.78 is 0. The average Bonchev–Trinajstić information content (AvgIpc) is 2.94. The number of aryl methyl sites for hydroxylation is 2. The van der Waals surface area contributed by atoms with Crippen molar-refractivity contribution < 1.29 is 0 Å². The van der Waals surface area contributed by atoms with Crippen molar-refractivity contribution in [2.45, 2.75) is 78.1 Å². The summed E-state index contributed by atoms with van der Waals surface area (Å²) in [5, 5.41) is 0. The molecule has 186 valence electrons. The zero-order valence-electron chi connectivity index (χ0n) is 22.3. The molecule has 0 aromatic heterocycles. The van der Waals surface area contributed by atoms with Crippen molar-refractivity contribution >= 4 is 23.3 Å². The van der Waals surface area contributed by atoms with Gasteiger partial charge in [0.05, 0.1) is 0 Å². The Morgan fingerprint density at radius 3 is 1.25 bits per heavy atom. The highest BCUT2D eigenvalue weighted by atomic mass is 14.3. The molecule has 0 saturated heterocycles. The minimum atomic E-state index is 0.677. The van der Waals surface area contributed by atoms with Crippen molar-refractivity contribution in [3.05, 3.63) is 106 Å². The van der Waals surface area contributed by atoms with Crippen molar-refractivity contribution in [1.82, 2.24) is 0 Å². The first-order valence-corrected chi connectivity index (χ1v) is 14.3. The first-order chi connectivity index (χ1) is 17.7. The lowest BCUT2D eigenvalue weighted by atomic mass is 9.79. The second-order valence-electron chi connectivity index (χ2n) is 11.2. The fourth-order valence-corrected chi connectivity index (χ4v) is 6.47. The quantitative estimate of drug-likeness (QED) is 0.312. The predicted molar refractivity (Wildman–Crippen MR) is 158 cm³/mol. The molecule has 0 heterocycles. The van der Waals surface area contributed by atoms with Crippen LogP contribution in [0.3, 0.4) is 0 Å². The van der Waals surface area contributed by atoms with Crippen LogP contribution >= 0.6 is 0 Å². The second-order valence-corrected chi connectivity index (χ2v) is 11.2. The molecule has 0 radical (unpaired) electrons. The fourth-order valence-electron chi connectivity index (χ4n) is 6.47. The standard InChI is InChI=1S/C36H42/c1-27-23-34(26-36(31-19-11-5-12-20-31)32-21-13-6-14-22-32)28(2)24-33(27)25-35(29-15-7-3-8-16-29)30-17-9-4-10-18-30/h3,5,7-8,11-12,15-16,19-20,23-26,30,32H,4,6,9-10,13-14,17-18,21-22H2,1-2H3. The van der Waals surface area contributed by atoms with Crippen LogP contribution in [0.15, 0.2) is 72.8 Å². The molecule has 5 rings (SSSR count). The lowest BCUT2D eigenvalue weighted by Gasteiger charge is -2.26. The minimum absolute atomic E-state index is 0.677. The predicted octanol–water partition coefficient (Wildman–Crippen LogP) is 10.5. The maximum atomic E-state index is 2.51. The van der Waals surface area contributed by atoms with Crippen LogP contribution < -0.4 is 0 Å². The smallest absolute Gasteiger partial charge is 0.0156 e. The van der Waals surface area contributed by atoms with Gasteiger partial charge >= 0.3 is 0 Å². The fraction of sp³-hybridized carbons (Fsp3) is 0.389. The largest absolute Gasteiger partial charge is 0.0622 e. The van der Waals surface area contributed by atoms with Gasteiger partial charge in [-0.1, -0.05) is 123 Å². The van der Waals surface area contributed by atoms with Gasteiger partial charge in [-0.3, -0.25) is 0 Å². The molecule has 36 heavy (non-hydrogen) atoms. The van der Waals surface area contributed by atoms with Crippen LogP contribution in [-0.2, 0) is 0 Å². The van der Waals surface area contributed by atoms with E-state index < -0.39 is 0 Å². The van der Waals surface area contributed by atoms with Gasteiger partial charge in [0.15, 0.2) is 0 Å². The SMILES string of the molecule is Cc1cc(C=C(c2ccccc2)C2CCCCC2)c(C)cc1C=C(c1ccccc1)C1CCCCC1. The van der Waals surface area contributed by atoms with Crippen LogP contribution in [0, 0.1) is 25.7 Å². The van der Waals surface area contributed by atoms with Crippen molar-refractivity contribution in [2.24, 2.45) is 11.8 Å². The Kier molecular flexibility index (Phi) is 8.22. The highest BCUT2D eigenvalue weighted by Crippen LogP contribution is 2.39. The Morgan fingerprint density at radius 1 is 0.528 bits per heavy atom. The van der Waals surface area contributed by atoms with Gasteiger partial charge in [-0.2, -0.15) is 0 Å². The number of hydrogen-bond acceptors (Lipinski definition) is 0. The molecule has 2 saturated carbocycles. The van der Waals surface area contributed by atoms with E-state index >= 15 is 0 Å². The zero-order valence-corrected chi connectivity index (χ0v) is 22.3. The van der Waals surface area contributed by atoms with Crippen molar-refractivity contribution in [1.29, 1.82) is 0 Å². The van der Waals surface area contributed by atoms with Crippen molar-refractivity contribution in [3.8, 4) is 0 Å². The van der Waals surface area contributed by atoms with Crippen LogP contribution in [0.2, 0.25) is 0 Å². The average molecular weight is 475 g/mol. The molecule has 0 atom stereocenters. The van der Waals surface area contributed by atoms with Gasteiger partial charge in [-0.25, -0.2) is 0 Å². The summed E-state index contributed by atoms with van der Waals surface area (Å²) in [6.07, 6.45) is 18.5. The zero-order chi connectivity index (χ0) is 24.7. The molecule has 0 spiro atoms. The first kappa shape index (κ1) is 24.8. The topological polar surface area (TPSA) is 0 Å². The molecule has 2 aliphatic carbocycles. The Bertz CT molecular complexity index is 1090. The van der Waals surface area contributed by atoms with Gasteiger partial charge in [0.25, 0.3) is 0 Å². The summed E-state index contributed by atoms with van der Waals surface area (Å²) >= 11 is 0. The van der Waals surface area contributed by atoms with Gasteiger partial charge in [-0.05, 0) is 95.9 Å². The molecule has 0 amide bonds. The third-order valence-corrected chi connectivity index (χ3v) is 8.58. The molecule has 0 bridgehead atoms. The van der Waals surface area contributed by atoms with Crippen LogP contribution in [-0.4, -0.2) is 0 Å². The second kappa shape index (κ2) is 11.9. The lowest BCUT2D eigenvalue weighted by molar-refractivity contribution is 0.430. The van der Waals surface area contributed by atoms with Gasteiger partial charge in [0.2, 0.25) is 0 Å². The molecule has 0 aliphatic heterocycles. The molecule has 3 aromatic rings. The number of allylic oxidation sites excluding steroid dienone is 2. The highest BCUT2D eigenvalue weighted by Gasteiger charge is 2.21. The van der Waals surface area contributed by atoms with Crippen molar-refractivity contribution in [2.75, 3.05) is 0 Å². The molecule has 2 fully saturated rings. The number of benzene rings is 3. The number of hydrogen-bond donors (Lipinski definition) is 0. The molecule has 0 unspecified atom stereocenters. The maximum absolute atomic E-state index is 2.51. The van der Waals surface area contributed by atoms with E-state index in [2.05, 4.69) is 98.8 Å². The van der Waals surface area contributed by atoms with Crippen LogP contribution in [0.5, 0.6) is 0 Å². The van der Waals surface area contributed by atoms with Gasteiger partial charge in [-0.15, -0.1) is 0 Å². The lowest BCUT2D eigenvalue weighted by Crippen LogP contribution is -2.09. The van der Waals surface area contributed by atoms with E-state index in [1.54, 1.807) is 0 Å². The summed E-state index contributed by atoms with van der Waals surface area (Å²) in [5.74, 6) is 1.35. The van der Waals surface area contributed by atoms with Crippen LogP contribution in [0.1, 0.15) is 97.6 Å². The Hall–Kier alpha value is -2.86. The molecule has 0 nitrogen and oxygen atoms in total. The third kappa shape index (κ3) is 5.92. The summed E-state index contributed by atoms with van der Waals surface area (Å²) in [4.78, 5) is 0. The van der Waals surface area contributed by atoms with Gasteiger partial charge < -0.3 is 0 Å². The van der Waals surface area contributed by atoms with E-state index in [1.807, 2.05) is 0 Å². The van der Waals surface area contributed by atoms with E-state index in [-0.39, 0.29) is 0 Å². The van der Waals surface area contributed by atoms with Gasteiger partial charge in [0, 0.05) is 0 Å². The summed E-state index contributed by atoms with van der Waals surface area (Å²) in [7, 11) is 0. The minimum Gasteiger partial charge on any atom is -0.0622 e. The summed E-state index contributed by atoms with van der Waals surface area (Å²) in [5.41, 5.74) is 11.4. The van der Waals surface area contributed by atoms with E-state index in [9.17, 15) is 0 Å².